The van der Waals surface area contributed by atoms with Gasteiger partial charge in [-0.05, 0) is 48.7 Å². The highest BCUT2D eigenvalue weighted by Crippen LogP contribution is 2.42. The average molecular weight is 343 g/mol. The number of rotatable bonds is 2. The summed E-state index contributed by atoms with van der Waals surface area (Å²) in [4.78, 5) is 0. The topological polar surface area (TPSA) is 12.0 Å². The molecule has 0 heterocycles. The van der Waals surface area contributed by atoms with E-state index in [9.17, 15) is 0 Å². The van der Waals surface area contributed by atoms with Crippen LogP contribution in [0.25, 0.3) is 0 Å². The lowest BCUT2D eigenvalue weighted by atomic mass is 9.77. The third-order valence-corrected chi connectivity index (χ3v) is 4.92. The number of fused-ring (bicyclic) bond motifs is 1. The van der Waals surface area contributed by atoms with Crippen molar-refractivity contribution in [2.24, 2.45) is 0 Å². The molecule has 0 aromatic heterocycles. The largest absolute Gasteiger partial charge is 0.313 e. The predicted octanol–water partition coefficient (Wildman–Crippen LogP) is 5.60. The Balaban J connectivity index is 0.00000161. The lowest BCUT2D eigenvalue weighted by molar-refractivity contribution is 0.471. The number of halogens is 3. The Morgan fingerprint density at radius 1 is 0.952 bits per heavy atom. The molecule has 3 rings (SSSR count). The van der Waals surface area contributed by atoms with Gasteiger partial charge in [0.25, 0.3) is 0 Å². The van der Waals surface area contributed by atoms with Crippen LogP contribution in [0.3, 0.4) is 0 Å². The van der Waals surface area contributed by atoms with Gasteiger partial charge in [0.2, 0.25) is 0 Å². The lowest BCUT2D eigenvalue weighted by Gasteiger charge is -2.32. The van der Waals surface area contributed by atoms with E-state index in [1.807, 2.05) is 19.2 Å². The molecule has 1 aliphatic carbocycles. The Morgan fingerprint density at radius 3 is 2.33 bits per heavy atom. The summed E-state index contributed by atoms with van der Waals surface area (Å²) in [5.41, 5.74) is 4.05. The zero-order valence-corrected chi connectivity index (χ0v) is 14.1. The van der Waals surface area contributed by atoms with Crippen molar-refractivity contribution in [3.8, 4) is 0 Å². The molecule has 0 amide bonds. The van der Waals surface area contributed by atoms with Crippen molar-refractivity contribution < 1.29 is 0 Å². The molecule has 0 saturated heterocycles. The second-order valence-electron chi connectivity index (χ2n) is 5.27. The minimum atomic E-state index is 0. The standard InChI is InChI=1S/C17H17Cl2N.ClH/c1-20-17-9-7-12(13-4-2-3-5-14(13)17)11-6-8-15(18)16(19)10-11;/h2-6,8,10,12,17,20H,7,9H2,1H3;1H/t12-,17+;/m0./s1. The van der Waals surface area contributed by atoms with Gasteiger partial charge in [0.1, 0.15) is 0 Å². The molecule has 0 saturated carbocycles. The van der Waals surface area contributed by atoms with Gasteiger partial charge in [0.15, 0.2) is 0 Å². The molecule has 1 nitrogen and oxygen atoms in total. The summed E-state index contributed by atoms with van der Waals surface area (Å²) in [7, 11) is 2.03. The van der Waals surface area contributed by atoms with Gasteiger partial charge in [-0.3, -0.25) is 0 Å². The second kappa shape index (κ2) is 7.02. The van der Waals surface area contributed by atoms with Gasteiger partial charge in [0, 0.05) is 12.0 Å². The number of benzene rings is 2. The first-order valence-electron chi connectivity index (χ1n) is 6.91. The van der Waals surface area contributed by atoms with Crippen molar-refractivity contribution in [3.05, 3.63) is 69.2 Å². The highest BCUT2D eigenvalue weighted by atomic mass is 35.5. The third kappa shape index (κ3) is 3.22. The summed E-state index contributed by atoms with van der Waals surface area (Å²) >= 11 is 12.2. The molecule has 0 radical (unpaired) electrons. The van der Waals surface area contributed by atoms with Crippen LogP contribution in [0.5, 0.6) is 0 Å². The van der Waals surface area contributed by atoms with Gasteiger partial charge in [-0.1, -0.05) is 53.5 Å². The maximum Gasteiger partial charge on any atom is 0.0595 e. The van der Waals surface area contributed by atoms with Crippen LogP contribution in [0.1, 0.15) is 41.5 Å². The van der Waals surface area contributed by atoms with E-state index < -0.39 is 0 Å². The van der Waals surface area contributed by atoms with Crippen molar-refractivity contribution in [3.63, 3.8) is 0 Å². The van der Waals surface area contributed by atoms with Crippen molar-refractivity contribution in [2.75, 3.05) is 7.05 Å². The molecule has 2 aromatic rings. The van der Waals surface area contributed by atoms with E-state index in [0.29, 0.717) is 22.0 Å². The summed E-state index contributed by atoms with van der Waals surface area (Å²) < 4.78 is 0. The molecule has 4 heteroatoms. The number of hydrogen-bond donors (Lipinski definition) is 1. The first-order valence-corrected chi connectivity index (χ1v) is 7.67. The van der Waals surface area contributed by atoms with E-state index >= 15 is 0 Å². The van der Waals surface area contributed by atoms with E-state index in [-0.39, 0.29) is 12.4 Å². The molecule has 1 aliphatic rings. The Kier molecular flexibility index (Phi) is 5.56. The molecule has 0 aliphatic heterocycles. The molecule has 112 valence electrons. The zero-order valence-electron chi connectivity index (χ0n) is 11.8. The quantitative estimate of drug-likeness (QED) is 0.749. The summed E-state index contributed by atoms with van der Waals surface area (Å²) in [6.45, 7) is 0. The van der Waals surface area contributed by atoms with Crippen molar-refractivity contribution in [2.45, 2.75) is 24.8 Å². The fourth-order valence-corrected chi connectivity index (χ4v) is 3.47. The molecule has 0 fully saturated rings. The van der Waals surface area contributed by atoms with Crippen LogP contribution in [0.2, 0.25) is 10.0 Å². The molecule has 0 unspecified atom stereocenters. The van der Waals surface area contributed by atoms with E-state index in [4.69, 9.17) is 23.2 Å². The van der Waals surface area contributed by atoms with Crippen LogP contribution >= 0.6 is 35.6 Å². The number of hydrogen-bond acceptors (Lipinski definition) is 1. The van der Waals surface area contributed by atoms with Gasteiger partial charge < -0.3 is 5.32 Å². The maximum atomic E-state index is 6.17. The third-order valence-electron chi connectivity index (χ3n) is 4.19. The highest BCUT2D eigenvalue weighted by Gasteiger charge is 2.27. The monoisotopic (exact) mass is 341 g/mol. The minimum Gasteiger partial charge on any atom is -0.313 e. The summed E-state index contributed by atoms with van der Waals surface area (Å²) in [6.07, 6.45) is 2.26. The summed E-state index contributed by atoms with van der Waals surface area (Å²) in [5, 5.41) is 4.66. The van der Waals surface area contributed by atoms with Gasteiger partial charge in [-0.2, -0.15) is 0 Å². The summed E-state index contributed by atoms with van der Waals surface area (Å²) in [5.74, 6) is 0.408. The molecule has 0 bridgehead atoms. The number of nitrogens with one attached hydrogen (secondary N) is 1. The zero-order chi connectivity index (χ0) is 14.1. The van der Waals surface area contributed by atoms with Crippen LogP contribution in [-0.2, 0) is 0 Å². The van der Waals surface area contributed by atoms with Crippen molar-refractivity contribution >= 4 is 35.6 Å². The Morgan fingerprint density at radius 2 is 1.67 bits per heavy atom. The molecule has 0 spiro atoms. The fraction of sp³-hybridized carbons (Fsp3) is 0.294. The van der Waals surface area contributed by atoms with E-state index in [2.05, 4.69) is 35.6 Å². The van der Waals surface area contributed by atoms with Crippen molar-refractivity contribution in [1.29, 1.82) is 0 Å². The molecule has 2 atom stereocenters. The van der Waals surface area contributed by atoms with Crippen LogP contribution in [0, 0.1) is 0 Å². The van der Waals surface area contributed by atoms with E-state index in [0.717, 1.165) is 12.8 Å². The fourth-order valence-electron chi connectivity index (χ4n) is 3.17. The highest BCUT2D eigenvalue weighted by molar-refractivity contribution is 6.42. The van der Waals surface area contributed by atoms with Crippen LogP contribution < -0.4 is 5.32 Å². The predicted molar refractivity (Wildman–Crippen MR) is 93.0 cm³/mol. The molecular formula is C17H18Cl3N. The molecular weight excluding hydrogens is 325 g/mol. The molecule has 1 N–H and O–H groups in total. The van der Waals surface area contributed by atoms with Crippen LogP contribution in [0.15, 0.2) is 42.5 Å². The Labute approximate surface area is 142 Å². The maximum absolute atomic E-state index is 6.17. The second-order valence-corrected chi connectivity index (χ2v) is 6.09. The van der Waals surface area contributed by atoms with Crippen molar-refractivity contribution in [1.82, 2.24) is 5.32 Å². The molecule has 21 heavy (non-hydrogen) atoms. The minimum absolute atomic E-state index is 0. The Hall–Kier alpha value is -0.730. The average Bonchev–Trinajstić information content (AvgIpc) is 2.49. The van der Waals surface area contributed by atoms with Crippen LogP contribution in [-0.4, -0.2) is 7.05 Å². The first-order chi connectivity index (χ1) is 9.70. The smallest absolute Gasteiger partial charge is 0.0595 e. The first kappa shape index (κ1) is 16.6. The van der Waals surface area contributed by atoms with Gasteiger partial charge in [-0.15, -0.1) is 12.4 Å². The summed E-state index contributed by atoms with van der Waals surface area (Å²) in [6, 6.07) is 15.1. The normalized spacial score (nSPS) is 20.5. The molecule has 2 aromatic carbocycles. The van der Waals surface area contributed by atoms with Gasteiger partial charge in [-0.25, -0.2) is 0 Å². The van der Waals surface area contributed by atoms with E-state index in [1.165, 1.54) is 16.7 Å². The van der Waals surface area contributed by atoms with Crippen LogP contribution in [0.4, 0.5) is 0 Å². The van der Waals surface area contributed by atoms with Gasteiger partial charge >= 0.3 is 0 Å². The lowest BCUT2D eigenvalue weighted by Crippen LogP contribution is -2.24. The van der Waals surface area contributed by atoms with E-state index in [1.54, 1.807) is 0 Å². The van der Waals surface area contributed by atoms with Gasteiger partial charge in [0.05, 0.1) is 10.0 Å². The SMILES string of the molecule is CN[C@@H]1CC[C@@H](c2ccc(Cl)c(Cl)c2)c2ccccc21.Cl. The Bertz CT molecular complexity index is 627.